The first kappa shape index (κ1) is 13.9. The van der Waals surface area contributed by atoms with Crippen LogP contribution in [0.15, 0.2) is 0 Å². The lowest BCUT2D eigenvalue weighted by Crippen LogP contribution is -2.55. The lowest BCUT2D eigenvalue weighted by molar-refractivity contribution is -0.153. The van der Waals surface area contributed by atoms with Crippen molar-refractivity contribution in [2.24, 2.45) is 5.92 Å². The van der Waals surface area contributed by atoms with Crippen molar-refractivity contribution in [1.82, 2.24) is 5.32 Å². The molecule has 0 heterocycles. The van der Waals surface area contributed by atoms with Crippen LogP contribution in [0.5, 0.6) is 0 Å². The second-order valence-corrected chi connectivity index (χ2v) is 5.95. The van der Waals surface area contributed by atoms with E-state index in [-0.39, 0.29) is 11.5 Å². The van der Waals surface area contributed by atoms with Crippen molar-refractivity contribution in [3.05, 3.63) is 0 Å². The molecule has 0 aromatic rings. The lowest BCUT2D eigenvalue weighted by atomic mass is 9.75. The van der Waals surface area contributed by atoms with Gasteiger partial charge in [0, 0.05) is 6.04 Å². The lowest BCUT2D eigenvalue weighted by Gasteiger charge is -2.39. The molecule has 0 spiro atoms. The normalized spacial score (nSPS) is 32.2. The quantitative estimate of drug-likeness (QED) is 0.739. The highest BCUT2D eigenvalue weighted by Crippen LogP contribution is 2.37. The minimum absolute atomic E-state index is 0.00755. The van der Waals surface area contributed by atoms with Crippen molar-refractivity contribution in [2.75, 3.05) is 6.61 Å². The maximum Gasteiger partial charge on any atom is 0.326 e. The minimum Gasteiger partial charge on any atom is -0.465 e. The van der Waals surface area contributed by atoms with Crippen LogP contribution < -0.4 is 5.32 Å². The average molecular weight is 253 g/mol. The first-order chi connectivity index (χ1) is 8.70. The number of esters is 1. The topological polar surface area (TPSA) is 38.3 Å². The van der Waals surface area contributed by atoms with E-state index in [1.165, 1.54) is 38.5 Å². The largest absolute Gasteiger partial charge is 0.465 e. The van der Waals surface area contributed by atoms with Crippen LogP contribution in [0.2, 0.25) is 0 Å². The molecular weight excluding hydrogens is 226 g/mol. The summed E-state index contributed by atoms with van der Waals surface area (Å²) in [6.45, 7) is 4.63. The van der Waals surface area contributed by atoms with Gasteiger partial charge in [0.05, 0.1) is 6.61 Å². The van der Waals surface area contributed by atoms with Crippen LogP contribution in [0.1, 0.15) is 65.2 Å². The summed E-state index contributed by atoms with van der Waals surface area (Å²) < 4.78 is 5.31. The van der Waals surface area contributed by atoms with Crippen LogP contribution in [0.4, 0.5) is 0 Å². The van der Waals surface area contributed by atoms with Crippen LogP contribution in [0, 0.1) is 5.92 Å². The third kappa shape index (κ3) is 3.25. The fourth-order valence-corrected chi connectivity index (χ4v) is 3.16. The SMILES string of the molecule is CCCC1CCC(NC2CC2)(C(=O)OCC)CC1. The molecule has 1 N–H and O–H groups in total. The van der Waals surface area contributed by atoms with Crippen molar-refractivity contribution in [3.63, 3.8) is 0 Å². The Bertz CT molecular complexity index is 278. The van der Waals surface area contributed by atoms with E-state index in [0.717, 1.165) is 18.8 Å². The molecule has 0 saturated heterocycles. The Morgan fingerprint density at radius 3 is 2.39 bits per heavy atom. The summed E-state index contributed by atoms with van der Waals surface area (Å²) in [6, 6.07) is 0.567. The molecular formula is C15H27NO2. The van der Waals surface area contributed by atoms with Crippen molar-refractivity contribution < 1.29 is 9.53 Å². The number of rotatable bonds is 6. The number of ether oxygens (including phenoxy) is 1. The van der Waals surface area contributed by atoms with Gasteiger partial charge in [0.1, 0.15) is 5.54 Å². The second-order valence-electron chi connectivity index (χ2n) is 5.95. The van der Waals surface area contributed by atoms with Gasteiger partial charge >= 0.3 is 5.97 Å². The molecule has 2 fully saturated rings. The van der Waals surface area contributed by atoms with Gasteiger partial charge in [0.2, 0.25) is 0 Å². The summed E-state index contributed by atoms with van der Waals surface area (Å²) in [6.07, 6.45) is 9.29. The fourth-order valence-electron chi connectivity index (χ4n) is 3.16. The average Bonchev–Trinajstić information content (AvgIpc) is 3.16. The highest BCUT2D eigenvalue weighted by atomic mass is 16.5. The Morgan fingerprint density at radius 1 is 1.22 bits per heavy atom. The van der Waals surface area contributed by atoms with Gasteiger partial charge < -0.3 is 4.74 Å². The van der Waals surface area contributed by atoms with Gasteiger partial charge in [-0.1, -0.05) is 19.8 Å². The van der Waals surface area contributed by atoms with E-state index < -0.39 is 0 Å². The molecule has 0 bridgehead atoms. The molecule has 2 saturated carbocycles. The molecule has 0 aromatic heterocycles. The molecule has 0 aromatic carbocycles. The van der Waals surface area contributed by atoms with Gasteiger partial charge in [-0.2, -0.15) is 0 Å². The first-order valence-corrected chi connectivity index (χ1v) is 7.65. The zero-order valence-electron chi connectivity index (χ0n) is 11.8. The van der Waals surface area contributed by atoms with Gasteiger partial charge in [0.25, 0.3) is 0 Å². The van der Waals surface area contributed by atoms with E-state index >= 15 is 0 Å². The van der Waals surface area contributed by atoms with E-state index in [2.05, 4.69) is 12.2 Å². The molecule has 0 unspecified atom stereocenters. The maximum atomic E-state index is 12.3. The summed E-state index contributed by atoms with van der Waals surface area (Å²) in [5.41, 5.74) is -0.360. The van der Waals surface area contributed by atoms with E-state index in [4.69, 9.17) is 4.74 Å². The zero-order valence-corrected chi connectivity index (χ0v) is 11.8. The van der Waals surface area contributed by atoms with Crippen molar-refractivity contribution in [3.8, 4) is 0 Å². The Hall–Kier alpha value is -0.570. The third-order valence-corrected chi connectivity index (χ3v) is 4.38. The molecule has 0 radical (unpaired) electrons. The molecule has 0 amide bonds. The predicted octanol–water partition coefficient (Wildman–Crippen LogP) is 3.03. The molecule has 3 nitrogen and oxygen atoms in total. The highest BCUT2D eigenvalue weighted by Gasteiger charge is 2.45. The molecule has 18 heavy (non-hydrogen) atoms. The number of hydrogen-bond donors (Lipinski definition) is 1. The van der Waals surface area contributed by atoms with Crippen LogP contribution >= 0.6 is 0 Å². The molecule has 104 valence electrons. The van der Waals surface area contributed by atoms with Crippen LogP contribution in [0.25, 0.3) is 0 Å². The smallest absolute Gasteiger partial charge is 0.326 e. The minimum atomic E-state index is -0.360. The van der Waals surface area contributed by atoms with E-state index in [1.54, 1.807) is 0 Å². The maximum absolute atomic E-state index is 12.3. The van der Waals surface area contributed by atoms with Gasteiger partial charge in [-0.05, 0) is 51.4 Å². The molecule has 0 aliphatic heterocycles. The summed E-state index contributed by atoms with van der Waals surface area (Å²) in [5, 5.41) is 3.58. The molecule has 2 rings (SSSR count). The summed E-state index contributed by atoms with van der Waals surface area (Å²) in [7, 11) is 0. The van der Waals surface area contributed by atoms with E-state index in [9.17, 15) is 4.79 Å². The summed E-state index contributed by atoms with van der Waals surface area (Å²) in [4.78, 5) is 12.3. The Labute approximate surface area is 111 Å². The predicted molar refractivity (Wildman–Crippen MR) is 72.4 cm³/mol. The van der Waals surface area contributed by atoms with Crippen LogP contribution in [-0.4, -0.2) is 24.2 Å². The molecule has 2 aliphatic rings. The third-order valence-electron chi connectivity index (χ3n) is 4.38. The van der Waals surface area contributed by atoms with E-state index in [0.29, 0.717) is 12.6 Å². The first-order valence-electron chi connectivity index (χ1n) is 7.65. The number of carbonyl (C=O) groups excluding carboxylic acids is 1. The Balaban J connectivity index is 1.95. The zero-order chi connectivity index (χ0) is 13.0. The fraction of sp³-hybridized carbons (Fsp3) is 0.933. The molecule has 3 heteroatoms. The highest BCUT2D eigenvalue weighted by molar-refractivity contribution is 5.81. The van der Waals surface area contributed by atoms with Crippen molar-refractivity contribution in [1.29, 1.82) is 0 Å². The number of carbonyl (C=O) groups is 1. The van der Waals surface area contributed by atoms with Crippen molar-refractivity contribution >= 4 is 5.97 Å². The summed E-state index contributed by atoms with van der Waals surface area (Å²) >= 11 is 0. The molecule has 0 atom stereocenters. The van der Waals surface area contributed by atoms with Crippen molar-refractivity contribution in [2.45, 2.75) is 76.8 Å². The van der Waals surface area contributed by atoms with Gasteiger partial charge in [-0.15, -0.1) is 0 Å². The van der Waals surface area contributed by atoms with Gasteiger partial charge in [-0.3, -0.25) is 10.1 Å². The Kier molecular flexibility index (Phi) is 4.66. The van der Waals surface area contributed by atoms with Crippen LogP contribution in [0.3, 0.4) is 0 Å². The standard InChI is InChI=1S/C15H27NO2/c1-3-5-12-8-10-15(11-9-12,14(17)18-4-2)16-13-6-7-13/h12-13,16H,3-11H2,1-2H3. The second kappa shape index (κ2) is 6.05. The Morgan fingerprint density at radius 2 is 1.89 bits per heavy atom. The summed E-state index contributed by atoms with van der Waals surface area (Å²) in [5.74, 6) is 0.811. The monoisotopic (exact) mass is 253 g/mol. The van der Waals surface area contributed by atoms with Crippen LogP contribution in [-0.2, 0) is 9.53 Å². The molecule has 2 aliphatic carbocycles. The van der Waals surface area contributed by atoms with E-state index in [1.807, 2.05) is 6.92 Å². The van der Waals surface area contributed by atoms with Gasteiger partial charge in [0.15, 0.2) is 0 Å². The number of hydrogen-bond acceptors (Lipinski definition) is 3. The number of nitrogens with one attached hydrogen (secondary N) is 1. The van der Waals surface area contributed by atoms with Gasteiger partial charge in [-0.25, -0.2) is 0 Å².